The Kier molecular flexibility index (Phi) is 15.1. The number of carboxylic acid groups (broad SMARTS) is 1. The molecule has 10 aromatic rings. The summed E-state index contributed by atoms with van der Waals surface area (Å²) in [4.78, 5) is 35.2. The first-order valence-electron chi connectivity index (χ1n) is 19.0. The number of aromatic nitrogens is 5. The van der Waals surface area contributed by atoms with E-state index in [0.717, 1.165) is 107 Å². The summed E-state index contributed by atoms with van der Waals surface area (Å²) in [6, 6.07) is 51.4. The molecule has 64 heavy (non-hydrogen) atoms. The van der Waals surface area contributed by atoms with Gasteiger partial charge >= 0.3 is 0 Å². The van der Waals surface area contributed by atoms with E-state index in [-0.39, 0.29) is 32.1 Å². The molecule has 316 valence electrons. The molecule has 0 atom stereocenters. The second-order valence-electron chi connectivity index (χ2n) is 14.1. The average molecular weight is 1240 g/mol. The molecule has 10 rings (SSSR count). The van der Waals surface area contributed by atoms with Gasteiger partial charge in [0.1, 0.15) is 0 Å². The van der Waals surface area contributed by atoms with E-state index < -0.39 is 5.97 Å². The van der Waals surface area contributed by atoms with Gasteiger partial charge in [0.15, 0.2) is 0 Å². The Morgan fingerprint density at radius 2 is 0.781 bits per heavy atom. The Hall–Kier alpha value is -4.85. The van der Waals surface area contributed by atoms with Crippen molar-refractivity contribution in [2.75, 3.05) is 0 Å². The van der Waals surface area contributed by atoms with Crippen molar-refractivity contribution in [1.82, 2.24) is 24.9 Å². The SMILES string of the molecule is Brc1ccc(-c2c3ccc([n-]3)c(-c3ccc(Br)cc3)c3ccc([n-]3)[c+](-c3ccc(Br)cc3)c3ccc([n-]3)[c+](-c3ccc(Br)cc3)c3ccc2[n-]3)cc1.O=C([O-])c1cncc(Br)c1.[Mo].[O-2]. The molecule has 8 bridgehead atoms. The fraction of sp³-hybridized carbons (Fsp3) is 0. The fourth-order valence-corrected chi connectivity index (χ4v) is 8.68. The van der Waals surface area contributed by atoms with Gasteiger partial charge in [-0.3, -0.25) is 4.98 Å². The molecule has 0 aliphatic carbocycles. The summed E-state index contributed by atoms with van der Waals surface area (Å²) in [6.45, 7) is 0. The van der Waals surface area contributed by atoms with E-state index in [1.165, 1.54) is 18.5 Å². The van der Waals surface area contributed by atoms with Crippen LogP contribution in [-0.4, -0.2) is 11.0 Å². The second kappa shape index (κ2) is 20.5. The molecule has 6 heterocycles. The monoisotopic (exact) mass is 1240 g/mol. The zero-order valence-corrected chi connectivity index (χ0v) is 42.8. The standard InChI is InChI=1S/C44H24Br4N4.C6H4BrNO2.Mo.O/c45-29-9-1-25(2-10-29)41-33-17-19-35(49-33)42(26-3-11-30(46)12-4-26)37-21-23-39(51-37)44(28-7-15-32(48)16-8-28)40-24-22-38(52-40)43(36-20-18-34(41)50-36)27-5-13-31(47)14-6-27;7-5-1-4(6(9)10)2-8-3-5;;/h1-24H;1-3H,(H,9,10);;/q-2;;;-2/p-1. The number of carboxylic acids is 1. The molecule has 6 aromatic heterocycles. The number of benzene rings is 4. The van der Waals surface area contributed by atoms with Crippen molar-refractivity contribution in [1.29, 1.82) is 0 Å². The number of fused-ring (bicyclic) bond motifs is 8. The molecule has 8 nitrogen and oxygen atoms in total. The van der Waals surface area contributed by atoms with Crippen LogP contribution in [0, 0.1) is 0 Å². The smallest absolute Gasteiger partial charge is 0.0768 e. The van der Waals surface area contributed by atoms with Crippen molar-refractivity contribution in [3.05, 3.63) is 192 Å². The Morgan fingerprint density at radius 1 is 0.438 bits per heavy atom. The Morgan fingerprint density at radius 3 is 1.16 bits per heavy atom. The number of halogens is 5. The zero-order valence-electron chi connectivity index (χ0n) is 32.8. The van der Waals surface area contributed by atoms with Gasteiger partial charge in [-0.2, -0.15) is 0 Å². The topological polar surface area (TPSA) is 138 Å². The van der Waals surface area contributed by atoms with Gasteiger partial charge in [0.25, 0.3) is 0 Å². The van der Waals surface area contributed by atoms with Crippen LogP contribution in [0.25, 0.3) is 88.6 Å². The second-order valence-corrected chi connectivity index (χ2v) is 18.6. The first-order valence-corrected chi connectivity index (χ1v) is 23.0. The maximum atomic E-state index is 10.2. The predicted molar refractivity (Wildman–Crippen MR) is 266 cm³/mol. The zero-order chi connectivity index (χ0) is 42.9. The van der Waals surface area contributed by atoms with Crippen LogP contribution in [0.1, 0.15) is 10.4 Å². The fourth-order valence-electron chi connectivity index (χ4n) is 7.26. The summed E-state index contributed by atoms with van der Waals surface area (Å²) in [6.07, 6.45) is 2.74. The third kappa shape index (κ3) is 10.2. The number of rotatable bonds is 5. The molecule has 0 aliphatic rings. The maximum Gasteiger partial charge on any atom is 0.0768 e. The number of carbonyl (C=O) groups excluding carboxylic acids is 1. The minimum Gasteiger partial charge on any atom is -2.00 e. The van der Waals surface area contributed by atoms with Gasteiger partial charge in [-0.1, -0.05) is 79.3 Å². The van der Waals surface area contributed by atoms with Crippen LogP contribution in [0.3, 0.4) is 0 Å². The molecule has 4 aromatic carbocycles. The van der Waals surface area contributed by atoms with Crippen molar-refractivity contribution < 1.29 is 36.4 Å². The van der Waals surface area contributed by atoms with E-state index >= 15 is 0 Å². The van der Waals surface area contributed by atoms with Crippen LogP contribution < -0.4 is 25.0 Å². The van der Waals surface area contributed by atoms with Gasteiger partial charge in [-0.05, 0) is 160 Å². The van der Waals surface area contributed by atoms with E-state index in [9.17, 15) is 9.90 Å². The Labute approximate surface area is 423 Å². The van der Waals surface area contributed by atoms with Crippen molar-refractivity contribution in [3.8, 4) is 44.5 Å². The van der Waals surface area contributed by atoms with E-state index in [2.05, 4.69) is 230 Å². The normalized spacial score (nSPS) is 10.8. The number of pyridine rings is 1. The van der Waals surface area contributed by atoms with Crippen LogP contribution in [0.4, 0.5) is 0 Å². The van der Waals surface area contributed by atoms with Gasteiger partial charge in [0.2, 0.25) is 0 Å². The minimum atomic E-state index is -1.21. The van der Waals surface area contributed by atoms with Gasteiger partial charge < -0.3 is 35.3 Å². The molecule has 0 radical (unpaired) electrons. The van der Waals surface area contributed by atoms with E-state index in [0.29, 0.717) is 4.47 Å². The van der Waals surface area contributed by atoms with Gasteiger partial charge in [-0.25, -0.2) is 0 Å². The first-order chi connectivity index (χ1) is 30.1. The molecule has 0 saturated carbocycles. The Balaban J connectivity index is 0.000000454. The third-order valence-corrected chi connectivity index (χ3v) is 12.6. The predicted octanol–water partition coefficient (Wildman–Crippen LogP) is 13.6. The Bertz CT molecular complexity index is 2890. The third-order valence-electron chi connectivity index (χ3n) is 10.1. The molecule has 0 fully saturated rings. The van der Waals surface area contributed by atoms with E-state index in [1.54, 1.807) is 0 Å². The van der Waals surface area contributed by atoms with Crippen molar-refractivity contribution >= 4 is 130 Å². The van der Waals surface area contributed by atoms with Crippen LogP contribution in [0.2, 0.25) is 0 Å². The van der Waals surface area contributed by atoms with Gasteiger partial charge in [0, 0.05) is 109 Å². The van der Waals surface area contributed by atoms with Crippen LogP contribution in [0.5, 0.6) is 0 Å². The number of hydrogen-bond donors (Lipinski definition) is 0. The molecule has 0 amide bonds. The molecular formula is C50H27Br5MoN5O3-5. The summed E-state index contributed by atoms with van der Waals surface area (Å²) >= 11 is 17.6. The van der Waals surface area contributed by atoms with Crippen molar-refractivity contribution in [2.24, 2.45) is 0 Å². The molecule has 0 aliphatic heterocycles. The molecule has 0 N–H and O–H groups in total. The molecule has 0 spiro atoms. The minimum absolute atomic E-state index is 0. The average Bonchev–Trinajstić information content (AvgIpc) is 4.12. The molecule has 14 heteroatoms. The largest absolute Gasteiger partial charge is 2.00 e. The van der Waals surface area contributed by atoms with Crippen molar-refractivity contribution in [3.63, 3.8) is 0 Å². The van der Waals surface area contributed by atoms with Crippen LogP contribution >= 0.6 is 79.6 Å². The summed E-state index contributed by atoms with van der Waals surface area (Å²) < 4.78 is 4.65. The van der Waals surface area contributed by atoms with Crippen molar-refractivity contribution in [2.45, 2.75) is 0 Å². The molecule has 0 unspecified atom stereocenters. The van der Waals surface area contributed by atoms with Crippen LogP contribution in [-0.2, 0) is 26.5 Å². The number of carbonyl (C=O) groups is 1. The van der Waals surface area contributed by atoms with Gasteiger partial charge in [-0.15, -0.1) is 22.1 Å². The quantitative estimate of drug-likeness (QED) is 0.124. The number of hydrogen-bond acceptors (Lipinski definition) is 3. The first kappa shape index (κ1) is 47.1. The number of aromatic carboxylic acids is 1. The molecule has 0 saturated heterocycles. The van der Waals surface area contributed by atoms with Crippen LogP contribution in [0.15, 0.2) is 186 Å². The summed E-state index contributed by atoms with van der Waals surface area (Å²) in [5.74, 6) is -1.21. The summed E-state index contributed by atoms with van der Waals surface area (Å²) in [7, 11) is 0. The summed E-state index contributed by atoms with van der Waals surface area (Å²) in [5, 5.41) is 10.2. The maximum absolute atomic E-state index is 10.2. The van der Waals surface area contributed by atoms with E-state index in [1.807, 2.05) is 0 Å². The number of nitrogens with zero attached hydrogens (tertiary/aromatic N) is 5. The van der Waals surface area contributed by atoms with E-state index in [4.69, 9.17) is 19.9 Å². The summed E-state index contributed by atoms with van der Waals surface area (Å²) in [5.41, 5.74) is 14.6. The van der Waals surface area contributed by atoms with Gasteiger partial charge in [0.05, 0.1) is 17.1 Å². The molecular weight excluding hydrogens is 1210 g/mol.